The molecule has 1 N–H and O–H groups in total. The number of amides is 1. The summed E-state index contributed by atoms with van der Waals surface area (Å²) in [6, 6.07) is 4.05. The maximum atomic E-state index is 11.6. The Kier molecular flexibility index (Phi) is 4.78. The molecule has 1 rings (SSSR count). The van der Waals surface area contributed by atoms with Crippen LogP contribution < -0.4 is 5.32 Å². The zero-order chi connectivity index (χ0) is 11.3. The van der Waals surface area contributed by atoms with Gasteiger partial charge in [0.15, 0.2) is 0 Å². The fraction of sp³-hybridized carbons (Fsp3) is 0.545. The number of hydrogen-bond acceptors (Lipinski definition) is 3. The van der Waals surface area contributed by atoms with Crippen LogP contribution in [0.25, 0.3) is 0 Å². The summed E-state index contributed by atoms with van der Waals surface area (Å²) >= 11 is 1.64. The highest BCUT2D eigenvalue weighted by Gasteiger charge is 2.16. The van der Waals surface area contributed by atoms with Crippen molar-refractivity contribution in [3.8, 4) is 0 Å². The Hall–Kier alpha value is -0.870. The summed E-state index contributed by atoms with van der Waals surface area (Å²) in [6.07, 6.45) is -0.377. The third-order valence-electron chi connectivity index (χ3n) is 2.11. The van der Waals surface area contributed by atoms with Crippen molar-refractivity contribution in [3.05, 3.63) is 22.4 Å². The molecule has 0 aliphatic carbocycles. The lowest BCUT2D eigenvalue weighted by atomic mass is 10.2. The molecule has 4 heteroatoms. The van der Waals surface area contributed by atoms with Crippen molar-refractivity contribution < 1.29 is 9.53 Å². The van der Waals surface area contributed by atoms with Gasteiger partial charge in [0, 0.05) is 11.5 Å². The molecule has 1 amide bonds. The molecular formula is C11H17NO2S. The molecule has 0 spiro atoms. The van der Waals surface area contributed by atoms with E-state index in [1.807, 2.05) is 31.4 Å². The number of ether oxygens (including phenoxy) is 1. The van der Waals surface area contributed by atoms with Gasteiger partial charge < -0.3 is 10.1 Å². The topological polar surface area (TPSA) is 38.3 Å². The van der Waals surface area contributed by atoms with Crippen molar-refractivity contribution in [2.45, 2.75) is 32.9 Å². The number of hydrogen-bond donors (Lipinski definition) is 1. The van der Waals surface area contributed by atoms with Crippen molar-refractivity contribution in [2.75, 3.05) is 6.61 Å². The van der Waals surface area contributed by atoms with Gasteiger partial charge in [-0.2, -0.15) is 0 Å². The molecule has 1 heterocycles. The third-order valence-corrected chi connectivity index (χ3v) is 3.17. The van der Waals surface area contributed by atoms with Crippen LogP contribution in [0.4, 0.5) is 0 Å². The van der Waals surface area contributed by atoms with E-state index in [-0.39, 0.29) is 18.1 Å². The average molecular weight is 227 g/mol. The SMILES string of the molecule is CCO[C@@H](C)C(=O)N[C@@H](C)c1cccs1. The van der Waals surface area contributed by atoms with Gasteiger partial charge in [0.1, 0.15) is 6.10 Å². The Bertz CT molecular complexity index is 298. The molecule has 0 saturated heterocycles. The highest BCUT2D eigenvalue weighted by molar-refractivity contribution is 7.10. The number of carbonyl (C=O) groups is 1. The molecule has 0 unspecified atom stereocenters. The Morgan fingerprint density at radius 2 is 2.33 bits per heavy atom. The van der Waals surface area contributed by atoms with Gasteiger partial charge in [-0.15, -0.1) is 11.3 Å². The van der Waals surface area contributed by atoms with Crippen LogP contribution in [-0.4, -0.2) is 18.6 Å². The van der Waals surface area contributed by atoms with E-state index in [2.05, 4.69) is 5.32 Å². The molecular weight excluding hydrogens is 210 g/mol. The molecule has 0 aromatic carbocycles. The van der Waals surface area contributed by atoms with Crippen molar-refractivity contribution in [1.82, 2.24) is 5.32 Å². The van der Waals surface area contributed by atoms with Crippen molar-refractivity contribution >= 4 is 17.2 Å². The van der Waals surface area contributed by atoms with Crippen LogP contribution in [0.15, 0.2) is 17.5 Å². The van der Waals surface area contributed by atoms with Gasteiger partial charge in [-0.25, -0.2) is 0 Å². The lowest BCUT2D eigenvalue weighted by Crippen LogP contribution is -2.35. The predicted molar refractivity (Wildman–Crippen MR) is 62.0 cm³/mol. The summed E-state index contributed by atoms with van der Waals surface area (Å²) in [4.78, 5) is 12.8. The first-order chi connectivity index (χ1) is 7.15. The molecule has 0 saturated carbocycles. The molecule has 0 aliphatic heterocycles. The third kappa shape index (κ3) is 3.64. The van der Waals surface area contributed by atoms with Crippen molar-refractivity contribution in [3.63, 3.8) is 0 Å². The standard InChI is InChI=1S/C11H17NO2S/c1-4-14-9(3)11(13)12-8(2)10-6-5-7-15-10/h5-9H,4H2,1-3H3,(H,12,13)/t8-,9-/m0/s1. The Balaban J connectivity index is 2.44. The first-order valence-corrected chi connectivity index (χ1v) is 5.98. The van der Waals surface area contributed by atoms with Crippen molar-refractivity contribution in [2.24, 2.45) is 0 Å². The lowest BCUT2D eigenvalue weighted by molar-refractivity contribution is -0.132. The molecule has 3 nitrogen and oxygen atoms in total. The minimum atomic E-state index is -0.377. The monoisotopic (exact) mass is 227 g/mol. The van der Waals surface area contributed by atoms with Crippen LogP contribution in [0.1, 0.15) is 31.7 Å². The van der Waals surface area contributed by atoms with Gasteiger partial charge in [0.05, 0.1) is 6.04 Å². The number of carbonyl (C=O) groups excluding carboxylic acids is 1. The second kappa shape index (κ2) is 5.88. The highest BCUT2D eigenvalue weighted by Crippen LogP contribution is 2.18. The molecule has 2 atom stereocenters. The van der Waals surface area contributed by atoms with E-state index in [9.17, 15) is 4.79 Å². The molecule has 0 aliphatic rings. The predicted octanol–water partition coefficient (Wildman–Crippen LogP) is 2.35. The van der Waals surface area contributed by atoms with Gasteiger partial charge in [-0.3, -0.25) is 4.79 Å². The summed E-state index contributed by atoms with van der Waals surface area (Å²) in [5, 5.41) is 4.92. The minimum Gasteiger partial charge on any atom is -0.369 e. The van der Waals surface area contributed by atoms with Gasteiger partial charge in [-0.05, 0) is 32.2 Å². The highest BCUT2D eigenvalue weighted by atomic mass is 32.1. The Morgan fingerprint density at radius 3 is 2.87 bits per heavy atom. The first kappa shape index (κ1) is 12.2. The molecule has 0 bridgehead atoms. The second-order valence-electron chi connectivity index (χ2n) is 3.34. The van der Waals surface area contributed by atoms with E-state index in [0.717, 1.165) is 4.88 Å². The molecule has 1 aromatic heterocycles. The summed E-state index contributed by atoms with van der Waals surface area (Å²) in [7, 11) is 0. The smallest absolute Gasteiger partial charge is 0.249 e. The van der Waals surface area contributed by atoms with E-state index in [0.29, 0.717) is 6.61 Å². The van der Waals surface area contributed by atoms with Crippen LogP contribution in [0.5, 0.6) is 0 Å². The maximum Gasteiger partial charge on any atom is 0.249 e. The van der Waals surface area contributed by atoms with Gasteiger partial charge in [0.25, 0.3) is 0 Å². The Labute approximate surface area is 94.5 Å². The second-order valence-corrected chi connectivity index (χ2v) is 4.32. The zero-order valence-electron chi connectivity index (χ0n) is 9.32. The van der Waals surface area contributed by atoms with Crippen LogP contribution >= 0.6 is 11.3 Å². The van der Waals surface area contributed by atoms with Gasteiger partial charge in [-0.1, -0.05) is 6.07 Å². The minimum absolute atomic E-state index is 0.0559. The summed E-state index contributed by atoms with van der Waals surface area (Å²) < 4.78 is 5.21. The average Bonchev–Trinajstić information content (AvgIpc) is 2.70. The summed E-state index contributed by atoms with van der Waals surface area (Å²) in [6.45, 7) is 6.18. The number of thiophene rings is 1. The normalized spacial score (nSPS) is 14.6. The van der Waals surface area contributed by atoms with E-state index >= 15 is 0 Å². The largest absolute Gasteiger partial charge is 0.369 e. The van der Waals surface area contributed by atoms with Crippen LogP contribution in [0, 0.1) is 0 Å². The van der Waals surface area contributed by atoms with Crippen LogP contribution in [-0.2, 0) is 9.53 Å². The summed E-state index contributed by atoms with van der Waals surface area (Å²) in [5.74, 6) is -0.0576. The lowest BCUT2D eigenvalue weighted by Gasteiger charge is -2.16. The van der Waals surface area contributed by atoms with E-state index in [1.54, 1.807) is 18.3 Å². The van der Waals surface area contributed by atoms with E-state index < -0.39 is 0 Å². The molecule has 84 valence electrons. The first-order valence-electron chi connectivity index (χ1n) is 5.10. The Morgan fingerprint density at radius 1 is 1.60 bits per heavy atom. The van der Waals surface area contributed by atoms with Gasteiger partial charge in [0.2, 0.25) is 5.91 Å². The number of nitrogens with one attached hydrogen (secondary N) is 1. The van der Waals surface area contributed by atoms with Crippen molar-refractivity contribution in [1.29, 1.82) is 0 Å². The fourth-order valence-electron chi connectivity index (χ4n) is 1.27. The quantitative estimate of drug-likeness (QED) is 0.838. The van der Waals surface area contributed by atoms with Crippen LogP contribution in [0.3, 0.4) is 0 Å². The van der Waals surface area contributed by atoms with Crippen LogP contribution in [0.2, 0.25) is 0 Å². The van der Waals surface area contributed by atoms with E-state index in [4.69, 9.17) is 4.74 Å². The number of rotatable bonds is 5. The molecule has 0 fully saturated rings. The van der Waals surface area contributed by atoms with Gasteiger partial charge >= 0.3 is 0 Å². The van der Waals surface area contributed by atoms with E-state index in [1.165, 1.54) is 0 Å². The fourth-order valence-corrected chi connectivity index (χ4v) is 2.00. The maximum absolute atomic E-state index is 11.6. The molecule has 1 aromatic rings. The zero-order valence-corrected chi connectivity index (χ0v) is 10.1. The molecule has 15 heavy (non-hydrogen) atoms. The molecule has 0 radical (unpaired) electrons. The summed E-state index contributed by atoms with van der Waals surface area (Å²) in [5.41, 5.74) is 0.